The van der Waals surface area contributed by atoms with E-state index in [9.17, 15) is 10.1 Å². The molecule has 0 fully saturated rings. The molecule has 0 radical (unpaired) electrons. The lowest BCUT2D eigenvalue weighted by Crippen LogP contribution is -2.08. The van der Waals surface area contributed by atoms with E-state index in [2.05, 4.69) is 20.3 Å². The number of pyridine rings is 1. The van der Waals surface area contributed by atoms with Crippen molar-refractivity contribution >= 4 is 22.4 Å². The van der Waals surface area contributed by atoms with Gasteiger partial charge in [-0.3, -0.25) is 10.1 Å². The molecule has 1 aromatic carbocycles. The molecule has 0 spiro atoms. The Morgan fingerprint density at radius 1 is 1.23 bits per heavy atom. The van der Waals surface area contributed by atoms with Gasteiger partial charge in [-0.15, -0.1) is 0 Å². The SMILES string of the molecule is CCCCNc1ncnc(Oc2cccc3ccc(C)nc23)c1[N+](=O)[O-]. The van der Waals surface area contributed by atoms with Gasteiger partial charge in [-0.05, 0) is 25.5 Å². The standard InChI is InChI=1S/C18H19N5O3/c1-3-4-10-19-17-16(23(24)25)18(21-11-20-17)26-14-7-5-6-13-9-8-12(2)22-15(13)14/h5-9,11H,3-4,10H2,1-2H3,(H,19,20,21). The Kier molecular flexibility index (Phi) is 5.21. The van der Waals surface area contributed by atoms with Gasteiger partial charge in [-0.2, -0.15) is 4.98 Å². The van der Waals surface area contributed by atoms with Crippen LogP contribution in [0.2, 0.25) is 0 Å². The second-order valence-electron chi connectivity index (χ2n) is 5.80. The number of nitrogens with zero attached hydrogens (tertiary/aromatic N) is 4. The molecule has 0 bridgehead atoms. The van der Waals surface area contributed by atoms with Gasteiger partial charge in [0.05, 0.1) is 4.92 Å². The van der Waals surface area contributed by atoms with E-state index in [4.69, 9.17) is 4.74 Å². The van der Waals surface area contributed by atoms with Crippen LogP contribution in [-0.2, 0) is 0 Å². The number of nitrogens with one attached hydrogen (secondary N) is 1. The quantitative estimate of drug-likeness (QED) is 0.385. The van der Waals surface area contributed by atoms with Crippen molar-refractivity contribution in [2.75, 3.05) is 11.9 Å². The van der Waals surface area contributed by atoms with Crippen molar-refractivity contribution in [3.8, 4) is 11.6 Å². The molecule has 0 aliphatic rings. The van der Waals surface area contributed by atoms with Crippen LogP contribution in [0, 0.1) is 17.0 Å². The first kappa shape index (κ1) is 17.5. The third-order valence-electron chi connectivity index (χ3n) is 3.82. The summed E-state index contributed by atoms with van der Waals surface area (Å²) in [6, 6.07) is 9.25. The number of benzene rings is 1. The molecule has 0 saturated carbocycles. The van der Waals surface area contributed by atoms with Gasteiger partial charge in [0, 0.05) is 17.6 Å². The molecule has 0 aliphatic heterocycles. The van der Waals surface area contributed by atoms with E-state index in [1.54, 1.807) is 6.07 Å². The molecule has 2 heterocycles. The molecule has 26 heavy (non-hydrogen) atoms. The van der Waals surface area contributed by atoms with E-state index in [0.717, 1.165) is 23.9 Å². The number of nitro groups is 1. The topological polar surface area (TPSA) is 103 Å². The summed E-state index contributed by atoms with van der Waals surface area (Å²) in [7, 11) is 0. The van der Waals surface area contributed by atoms with Crippen LogP contribution in [-0.4, -0.2) is 26.4 Å². The maximum absolute atomic E-state index is 11.6. The molecule has 0 amide bonds. The lowest BCUT2D eigenvalue weighted by Gasteiger charge is -2.10. The largest absolute Gasteiger partial charge is 0.431 e. The number of aryl methyl sites for hydroxylation is 1. The molecule has 0 unspecified atom stereocenters. The van der Waals surface area contributed by atoms with Crippen molar-refractivity contribution < 1.29 is 9.66 Å². The van der Waals surface area contributed by atoms with E-state index in [0.29, 0.717) is 17.8 Å². The Bertz CT molecular complexity index is 945. The molecule has 3 aromatic rings. The average molecular weight is 353 g/mol. The van der Waals surface area contributed by atoms with Crippen LogP contribution in [0.3, 0.4) is 0 Å². The Morgan fingerprint density at radius 3 is 2.85 bits per heavy atom. The molecule has 0 saturated heterocycles. The first-order chi connectivity index (χ1) is 12.6. The molecule has 3 rings (SSSR count). The third kappa shape index (κ3) is 3.69. The predicted molar refractivity (Wildman–Crippen MR) is 98.6 cm³/mol. The van der Waals surface area contributed by atoms with Crippen LogP contribution in [0.15, 0.2) is 36.7 Å². The molecule has 2 aromatic heterocycles. The first-order valence-electron chi connectivity index (χ1n) is 8.37. The van der Waals surface area contributed by atoms with Crippen molar-refractivity contribution in [1.29, 1.82) is 0 Å². The number of hydrogen-bond acceptors (Lipinski definition) is 7. The van der Waals surface area contributed by atoms with Gasteiger partial charge >= 0.3 is 11.6 Å². The lowest BCUT2D eigenvalue weighted by molar-refractivity contribution is -0.385. The number of fused-ring (bicyclic) bond motifs is 1. The highest BCUT2D eigenvalue weighted by Crippen LogP contribution is 2.36. The zero-order chi connectivity index (χ0) is 18.5. The Hall–Kier alpha value is -3.29. The van der Waals surface area contributed by atoms with Gasteiger partial charge < -0.3 is 10.1 Å². The van der Waals surface area contributed by atoms with Crippen LogP contribution in [0.25, 0.3) is 10.9 Å². The van der Waals surface area contributed by atoms with Crippen molar-refractivity contribution in [2.45, 2.75) is 26.7 Å². The lowest BCUT2D eigenvalue weighted by atomic mass is 10.2. The average Bonchev–Trinajstić information content (AvgIpc) is 2.62. The zero-order valence-electron chi connectivity index (χ0n) is 14.6. The van der Waals surface area contributed by atoms with E-state index in [1.165, 1.54) is 6.33 Å². The summed E-state index contributed by atoms with van der Waals surface area (Å²) in [4.78, 5) is 23.5. The number of ether oxygens (including phenoxy) is 1. The van der Waals surface area contributed by atoms with Crippen molar-refractivity contribution in [3.63, 3.8) is 0 Å². The third-order valence-corrected chi connectivity index (χ3v) is 3.82. The molecule has 134 valence electrons. The second kappa shape index (κ2) is 7.73. The van der Waals surface area contributed by atoms with Gasteiger partial charge in [-0.25, -0.2) is 9.97 Å². The van der Waals surface area contributed by atoms with E-state index < -0.39 is 4.92 Å². The number of aromatic nitrogens is 3. The summed E-state index contributed by atoms with van der Waals surface area (Å²) in [5, 5.41) is 15.4. The summed E-state index contributed by atoms with van der Waals surface area (Å²) in [5.41, 5.74) is 1.17. The van der Waals surface area contributed by atoms with Crippen LogP contribution >= 0.6 is 0 Å². The van der Waals surface area contributed by atoms with Crippen LogP contribution in [0.1, 0.15) is 25.5 Å². The fourth-order valence-electron chi connectivity index (χ4n) is 2.52. The molecular formula is C18H19N5O3. The van der Waals surface area contributed by atoms with E-state index >= 15 is 0 Å². The van der Waals surface area contributed by atoms with Gasteiger partial charge in [0.25, 0.3) is 0 Å². The van der Waals surface area contributed by atoms with Gasteiger partial charge in [-0.1, -0.05) is 31.5 Å². The minimum absolute atomic E-state index is 0.111. The normalized spacial score (nSPS) is 10.7. The van der Waals surface area contributed by atoms with Gasteiger partial charge in [0.2, 0.25) is 5.82 Å². The number of rotatable bonds is 7. The van der Waals surface area contributed by atoms with Crippen LogP contribution in [0.4, 0.5) is 11.5 Å². The van der Waals surface area contributed by atoms with E-state index in [-0.39, 0.29) is 17.4 Å². The minimum Gasteiger partial charge on any atom is -0.431 e. The highest BCUT2D eigenvalue weighted by atomic mass is 16.6. The number of unbranched alkanes of at least 4 members (excludes halogenated alkanes) is 1. The second-order valence-corrected chi connectivity index (χ2v) is 5.80. The van der Waals surface area contributed by atoms with Crippen LogP contribution < -0.4 is 10.1 Å². The Labute approximate surface area is 150 Å². The summed E-state index contributed by atoms with van der Waals surface area (Å²) in [6.45, 7) is 4.50. The molecular weight excluding hydrogens is 334 g/mol. The number of hydrogen-bond donors (Lipinski definition) is 1. The highest BCUT2D eigenvalue weighted by molar-refractivity contribution is 5.85. The monoisotopic (exact) mass is 353 g/mol. The Morgan fingerprint density at radius 2 is 2.08 bits per heavy atom. The molecule has 8 nitrogen and oxygen atoms in total. The summed E-state index contributed by atoms with van der Waals surface area (Å²) in [5.74, 6) is 0.449. The molecule has 1 N–H and O–H groups in total. The summed E-state index contributed by atoms with van der Waals surface area (Å²) in [6.07, 6.45) is 3.10. The van der Waals surface area contributed by atoms with Crippen molar-refractivity contribution in [2.24, 2.45) is 0 Å². The van der Waals surface area contributed by atoms with Gasteiger partial charge in [0.1, 0.15) is 11.8 Å². The van der Waals surface area contributed by atoms with Crippen LogP contribution in [0.5, 0.6) is 11.6 Å². The summed E-state index contributed by atoms with van der Waals surface area (Å²) >= 11 is 0. The van der Waals surface area contributed by atoms with Crippen molar-refractivity contribution in [1.82, 2.24) is 15.0 Å². The van der Waals surface area contributed by atoms with Crippen molar-refractivity contribution in [3.05, 3.63) is 52.5 Å². The predicted octanol–water partition coefficient (Wildman–Crippen LogP) is 4.25. The molecule has 0 aliphatic carbocycles. The fraction of sp³-hybridized carbons (Fsp3) is 0.278. The smallest absolute Gasteiger partial charge is 0.373 e. The maximum atomic E-state index is 11.6. The minimum atomic E-state index is -0.534. The fourth-order valence-corrected chi connectivity index (χ4v) is 2.52. The summed E-state index contributed by atoms with van der Waals surface area (Å²) < 4.78 is 5.79. The number of para-hydroxylation sites is 1. The highest BCUT2D eigenvalue weighted by Gasteiger charge is 2.25. The number of anilines is 1. The van der Waals surface area contributed by atoms with Gasteiger partial charge in [0.15, 0.2) is 5.75 Å². The molecule has 0 atom stereocenters. The first-order valence-corrected chi connectivity index (χ1v) is 8.37. The maximum Gasteiger partial charge on any atom is 0.373 e. The van der Waals surface area contributed by atoms with E-state index in [1.807, 2.05) is 38.1 Å². The molecule has 8 heteroatoms. The Balaban J connectivity index is 2.01. The zero-order valence-corrected chi connectivity index (χ0v) is 14.6.